The fourth-order valence-electron chi connectivity index (χ4n) is 3.67. The normalized spacial score (nSPS) is 26.8. The highest BCUT2D eigenvalue weighted by Gasteiger charge is 2.54. The first-order valence-electron chi connectivity index (χ1n) is 11.3. The summed E-state index contributed by atoms with van der Waals surface area (Å²) in [4.78, 5) is 37.1. The van der Waals surface area contributed by atoms with E-state index in [2.05, 4.69) is 10.6 Å². The van der Waals surface area contributed by atoms with Gasteiger partial charge in [0.05, 0.1) is 18.8 Å². The fourth-order valence-corrected chi connectivity index (χ4v) is 3.67. The second-order valence-electron chi connectivity index (χ2n) is 9.61. The summed E-state index contributed by atoms with van der Waals surface area (Å²) in [5.74, 6) is -5.65. The summed E-state index contributed by atoms with van der Waals surface area (Å²) in [6.45, 7) is 3.95. The number of carboxylic acids is 1. The lowest BCUT2D eigenvalue weighted by Gasteiger charge is -2.45. The van der Waals surface area contributed by atoms with Crippen LogP contribution >= 0.6 is 0 Å². The Morgan fingerprint density at radius 3 is 2.33 bits per heavy atom. The molecule has 13 heteroatoms. The number of alkyl carbamates (subject to hydrolysis) is 1. The summed E-state index contributed by atoms with van der Waals surface area (Å²) < 4.78 is 10.3. The van der Waals surface area contributed by atoms with Crippen molar-refractivity contribution in [1.29, 1.82) is 0 Å². The van der Waals surface area contributed by atoms with Gasteiger partial charge in [-0.2, -0.15) is 0 Å². The second kappa shape index (κ2) is 12.0. The number of aliphatic carboxylic acids is 1. The highest BCUT2D eigenvalue weighted by atomic mass is 16.7. The molecule has 2 amide bonds. The van der Waals surface area contributed by atoms with Gasteiger partial charge in [0.15, 0.2) is 0 Å². The summed E-state index contributed by atoms with van der Waals surface area (Å²) in [5.41, 5.74) is -0.191. The van der Waals surface area contributed by atoms with Crippen LogP contribution in [-0.2, 0) is 25.5 Å². The van der Waals surface area contributed by atoms with Gasteiger partial charge in [0.1, 0.15) is 30.0 Å². The molecule has 202 valence electrons. The predicted molar refractivity (Wildman–Crippen MR) is 122 cm³/mol. The summed E-state index contributed by atoms with van der Waals surface area (Å²) in [7, 11) is 0. The third kappa shape index (κ3) is 7.85. The first kappa shape index (κ1) is 29.4. The average Bonchev–Trinajstić information content (AvgIpc) is 2.78. The van der Waals surface area contributed by atoms with Crippen LogP contribution in [0.4, 0.5) is 4.79 Å². The molecule has 1 fully saturated rings. The van der Waals surface area contributed by atoms with Crippen molar-refractivity contribution in [2.45, 2.75) is 81.5 Å². The van der Waals surface area contributed by atoms with E-state index in [1.165, 1.54) is 0 Å². The zero-order valence-electron chi connectivity index (χ0n) is 20.2. The van der Waals surface area contributed by atoms with Crippen molar-refractivity contribution in [1.82, 2.24) is 10.6 Å². The maximum Gasteiger partial charge on any atom is 0.408 e. The van der Waals surface area contributed by atoms with Crippen LogP contribution in [0.3, 0.4) is 0 Å². The highest BCUT2D eigenvalue weighted by Crippen LogP contribution is 2.30. The molecule has 0 radical (unpaired) electrons. The molecule has 1 aromatic carbocycles. The van der Waals surface area contributed by atoms with E-state index in [0.717, 1.165) is 0 Å². The number of carbonyl (C=O) groups excluding carboxylic acids is 2. The third-order valence-electron chi connectivity index (χ3n) is 5.44. The summed E-state index contributed by atoms with van der Waals surface area (Å²) in [5, 5.41) is 64.5. The van der Waals surface area contributed by atoms with E-state index in [4.69, 9.17) is 9.47 Å². The zero-order chi connectivity index (χ0) is 27.3. The van der Waals surface area contributed by atoms with Gasteiger partial charge in [0.2, 0.25) is 5.91 Å². The molecule has 0 aliphatic carbocycles. The van der Waals surface area contributed by atoms with Gasteiger partial charge in [-0.05, 0) is 26.3 Å². The van der Waals surface area contributed by atoms with Crippen molar-refractivity contribution in [2.75, 3.05) is 6.61 Å². The van der Waals surface area contributed by atoms with Crippen LogP contribution in [0.5, 0.6) is 0 Å². The standard InChI is InChI=1S/C23H34N2O11/c1-22(2,3)36-21(33)24-13(9-12-7-5-4-6-8-12)19(30)25-16-14(27)10-23(34,20(31)32)35-18(16)17(29)15(28)11-26/h4-8,13-18,26-29,34H,9-11H2,1-3H3,(H,24,33)(H,25,30)(H,31,32)/t13-,14-,15+,16+,17+,18+,23-/m0/s1. The van der Waals surface area contributed by atoms with Crippen LogP contribution in [0.2, 0.25) is 0 Å². The van der Waals surface area contributed by atoms with Gasteiger partial charge < -0.3 is 50.7 Å². The zero-order valence-corrected chi connectivity index (χ0v) is 20.2. The molecular formula is C23H34N2O11. The van der Waals surface area contributed by atoms with Gasteiger partial charge >= 0.3 is 12.1 Å². The number of hydrogen-bond acceptors (Lipinski definition) is 10. The number of hydrogen-bond donors (Lipinski definition) is 8. The van der Waals surface area contributed by atoms with Gasteiger partial charge in [-0.25, -0.2) is 9.59 Å². The second-order valence-corrected chi connectivity index (χ2v) is 9.61. The molecule has 1 saturated heterocycles. The van der Waals surface area contributed by atoms with Crippen LogP contribution < -0.4 is 10.6 Å². The minimum Gasteiger partial charge on any atom is -0.477 e. The van der Waals surface area contributed by atoms with Crippen molar-refractivity contribution in [3.8, 4) is 0 Å². The Kier molecular flexibility index (Phi) is 9.77. The molecule has 0 saturated carbocycles. The first-order valence-corrected chi connectivity index (χ1v) is 11.3. The third-order valence-corrected chi connectivity index (χ3v) is 5.44. The SMILES string of the molecule is CC(C)(C)OC(=O)N[C@@H](Cc1ccccc1)C(=O)N[C@H]1[C@H]([C@H](O)[C@H](O)CO)O[C@](O)(C(=O)O)C[C@@H]1O. The van der Waals surface area contributed by atoms with Crippen LogP contribution in [-0.4, -0.2) is 103 Å². The minimum absolute atomic E-state index is 0.00113. The molecule has 1 aromatic rings. The molecule has 8 N–H and O–H groups in total. The lowest BCUT2D eigenvalue weighted by molar-refractivity contribution is -0.295. The van der Waals surface area contributed by atoms with Crippen molar-refractivity contribution in [2.24, 2.45) is 0 Å². The number of carbonyl (C=O) groups is 3. The Balaban J connectivity index is 2.32. The topological polar surface area (TPSA) is 215 Å². The lowest BCUT2D eigenvalue weighted by atomic mass is 9.88. The van der Waals surface area contributed by atoms with Gasteiger partial charge in [-0.1, -0.05) is 30.3 Å². The van der Waals surface area contributed by atoms with E-state index in [-0.39, 0.29) is 6.42 Å². The van der Waals surface area contributed by atoms with Crippen molar-refractivity contribution < 1.29 is 54.5 Å². The first-order chi connectivity index (χ1) is 16.7. The maximum absolute atomic E-state index is 13.2. The molecule has 0 bridgehead atoms. The lowest BCUT2D eigenvalue weighted by Crippen LogP contribution is -2.68. The van der Waals surface area contributed by atoms with Gasteiger partial charge in [0, 0.05) is 12.8 Å². The molecule has 1 aliphatic rings. The molecule has 0 unspecified atom stereocenters. The van der Waals surface area contributed by atoms with E-state index in [9.17, 15) is 45.0 Å². The quantitative estimate of drug-likeness (QED) is 0.185. The molecule has 7 atom stereocenters. The van der Waals surface area contributed by atoms with E-state index < -0.39 is 78.9 Å². The summed E-state index contributed by atoms with van der Waals surface area (Å²) in [6, 6.07) is 5.87. The van der Waals surface area contributed by atoms with Gasteiger partial charge in [-0.3, -0.25) is 4.79 Å². The number of carboxylic acid groups (broad SMARTS) is 1. The number of rotatable bonds is 9. The Hall–Kier alpha value is -2.81. The van der Waals surface area contributed by atoms with Crippen LogP contribution in [0, 0.1) is 0 Å². The molecular weight excluding hydrogens is 480 g/mol. The fraction of sp³-hybridized carbons (Fsp3) is 0.609. The Morgan fingerprint density at radius 2 is 1.81 bits per heavy atom. The van der Waals surface area contributed by atoms with Crippen LogP contribution in [0.1, 0.15) is 32.8 Å². The Labute approximate surface area is 207 Å². The largest absolute Gasteiger partial charge is 0.477 e. The molecule has 36 heavy (non-hydrogen) atoms. The minimum atomic E-state index is -2.93. The van der Waals surface area contributed by atoms with E-state index in [0.29, 0.717) is 5.56 Å². The molecule has 2 rings (SSSR count). The van der Waals surface area contributed by atoms with Crippen molar-refractivity contribution in [3.05, 3.63) is 35.9 Å². The smallest absolute Gasteiger partial charge is 0.408 e. The monoisotopic (exact) mass is 514 g/mol. The number of aliphatic hydroxyl groups excluding tert-OH is 4. The Bertz CT molecular complexity index is 907. The van der Waals surface area contributed by atoms with Gasteiger partial charge in [0.25, 0.3) is 5.79 Å². The number of ether oxygens (including phenoxy) is 2. The Morgan fingerprint density at radius 1 is 1.19 bits per heavy atom. The average molecular weight is 515 g/mol. The molecule has 1 aliphatic heterocycles. The molecule has 1 heterocycles. The number of aliphatic hydroxyl groups is 5. The van der Waals surface area contributed by atoms with Crippen LogP contribution in [0.15, 0.2) is 30.3 Å². The van der Waals surface area contributed by atoms with E-state index in [1.807, 2.05) is 0 Å². The molecule has 13 nitrogen and oxygen atoms in total. The van der Waals surface area contributed by atoms with Crippen molar-refractivity contribution in [3.63, 3.8) is 0 Å². The number of amides is 2. The summed E-state index contributed by atoms with van der Waals surface area (Å²) >= 11 is 0. The highest BCUT2D eigenvalue weighted by molar-refractivity contribution is 5.86. The number of nitrogens with one attached hydrogen (secondary N) is 2. The van der Waals surface area contributed by atoms with Crippen molar-refractivity contribution >= 4 is 18.0 Å². The predicted octanol–water partition coefficient (Wildman–Crippen LogP) is -1.76. The number of benzene rings is 1. The van der Waals surface area contributed by atoms with Gasteiger partial charge in [-0.15, -0.1) is 0 Å². The molecule has 0 spiro atoms. The molecule has 0 aromatic heterocycles. The van der Waals surface area contributed by atoms with E-state index in [1.54, 1.807) is 51.1 Å². The maximum atomic E-state index is 13.2. The van der Waals surface area contributed by atoms with Crippen LogP contribution in [0.25, 0.3) is 0 Å². The summed E-state index contributed by atoms with van der Waals surface area (Å²) in [6.07, 6.45) is -9.24. The van der Waals surface area contributed by atoms with E-state index >= 15 is 0 Å².